The summed E-state index contributed by atoms with van der Waals surface area (Å²) in [7, 11) is 0. The molecule has 0 saturated carbocycles. The summed E-state index contributed by atoms with van der Waals surface area (Å²) in [6.45, 7) is 1.04. The fourth-order valence-corrected chi connectivity index (χ4v) is 3.94. The molecule has 2 aromatic heterocycles. The van der Waals surface area contributed by atoms with Gasteiger partial charge in [0.2, 0.25) is 5.91 Å². The first-order valence-corrected chi connectivity index (χ1v) is 10.1. The predicted molar refractivity (Wildman–Crippen MR) is 101 cm³/mol. The van der Waals surface area contributed by atoms with Crippen LogP contribution in [0.3, 0.4) is 0 Å². The largest absolute Gasteiger partial charge is 0.486 e. The highest BCUT2D eigenvalue weighted by molar-refractivity contribution is 7.98. The number of nitrogens with one attached hydrogen (secondary N) is 1. The molecule has 1 aliphatic heterocycles. The molecule has 1 aliphatic rings. The lowest BCUT2D eigenvalue weighted by molar-refractivity contribution is -0.115. The second-order valence-corrected chi connectivity index (χ2v) is 7.25. The molecular weight excluding hydrogens is 372 g/mol. The zero-order chi connectivity index (χ0) is 17.9. The van der Waals surface area contributed by atoms with Gasteiger partial charge in [-0.05, 0) is 24.5 Å². The molecule has 1 N–H and O–H groups in total. The number of nitrogens with zero attached hydrogens (tertiary/aromatic N) is 1. The summed E-state index contributed by atoms with van der Waals surface area (Å²) in [4.78, 5) is 17.9. The smallest absolute Gasteiger partial charge is 0.230 e. The van der Waals surface area contributed by atoms with E-state index in [0.717, 1.165) is 9.90 Å². The van der Waals surface area contributed by atoms with Crippen molar-refractivity contribution in [3.8, 4) is 22.3 Å². The topological polar surface area (TPSA) is 73.6 Å². The molecule has 0 aliphatic carbocycles. The number of benzene rings is 1. The molecule has 26 heavy (non-hydrogen) atoms. The van der Waals surface area contributed by atoms with Gasteiger partial charge in [-0.25, -0.2) is 4.98 Å². The molecule has 8 heteroatoms. The van der Waals surface area contributed by atoms with E-state index in [9.17, 15) is 4.79 Å². The zero-order valence-electron chi connectivity index (χ0n) is 14.0. The molecule has 1 aromatic carbocycles. The van der Waals surface area contributed by atoms with Crippen molar-refractivity contribution < 1.29 is 18.7 Å². The van der Waals surface area contributed by atoms with Crippen molar-refractivity contribution in [2.45, 2.75) is 11.3 Å². The van der Waals surface area contributed by atoms with Gasteiger partial charge in [-0.1, -0.05) is 0 Å². The third kappa shape index (κ3) is 3.56. The summed E-state index contributed by atoms with van der Waals surface area (Å²) in [6, 6.07) is 7.37. The second kappa shape index (κ2) is 7.43. The molecular formula is C18H16N2O4S2. The summed E-state index contributed by atoms with van der Waals surface area (Å²) in [6.07, 6.45) is 3.76. The van der Waals surface area contributed by atoms with Crippen LogP contribution in [0.5, 0.6) is 11.5 Å². The van der Waals surface area contributed by atoms with E-state index < -0.39 is 0 Å². The van der Waals surface area contributed by atoms with E-state index >= 15 is 0 Å². The molecule has 0 unspecified atom stereocenters. The number of carbonyl (C=O) groups is 1. The number of furan rings is 1. The van der Waals surface area contributed by atoms with Crippen LogP contribution in [-0.2, 0) is 11.2 Å². The van der Waals surface area contributed by atoms with Crippen LogP contribution in [0.25, 0.3) is 10.8 Å². The summed E-state index contributed by atoms with van der Waals surface area (Å²) < 4.78 is 16.5. The van der Waals surface area contributed by atoms with Gasteiger partial charge in [0.05, 0.1) is 24.1 Å². The minimum atomic E-state index is -0.131. The predicted octanol–water partition coefficient (Wildman–Crippen LogP) is 4.08. The standard InChI is InChI=1S/C18H16N2O4S2/c1-25-16-9-15-14(23-5-6-24-15)8-12(16)20-17(21)7-11-10-26-18(19-11)13-3-2-4-22-13/h2-4,8-10H,5-7H2,1H3,(H,20,21). The van der Waals surface area contributed by atoms with Crippen LogP contribution in [0.1, 0.15) is 5.69 Å². The number of amides is 1. The first-order chi connectivity index (χ1) is 12.7. The molecule has 0 fully saturated rings. The Bertz CT molecular complexity index is 921. The molecule has 3 heterocycles. The van der Waals surface area contributed by atoms with Crippen LogP contribution in [0.4, 0.5) is 5.69 Å². The molecule has 0 radical (unpaired) electrons. The number of carbonyl (C=O) groups excluding carboxylic acids is 1. The Morgan fingerprint density at radius 2 is 2.12 bits per heavy atom. The van der Waals surface area contributed by atoms with E-state index in [4.69, 9.17) is 13.9 Å². The quantitative estimate of drug-likeness (QED) is 0.664. The molecule has 6 nitrogen and oxygen atoms in total. The van der Waals surface area contributed by atoms with E-state index in [2.05, 4.69) is 10.3 Å². The molecule has 134 valence electrons. The van der Waals surface area contributed by atoms with E-state index in [1.165, 1.54) is 11.3 Å². The summed E-state index contributed by atoms with van der Waals surface area (Å²) >= 11 is 3.00. The third-order valence-electron chi connectivity index (χ3n) is 3.76. The molecule has 0 saturated heterocycles. The van der Waals surface area contributed by atoms with Gasteiger partial charge in [0, 0.05) is 16.3 Å². The van der Waals surface area contributed by atoms with Crippen LogP contribution in [-0.4, -0.2) is 30.4 Å². The van der Waals surface area contributed by atoms with Crippen molar-refractivity contribution in [1.29, 1.82) is 0 Å². The summed E-state index contributed by atoms with van der Waals surface area (Å²) in [5.41, 5.74) is 1.43. The maximum atomic E-state index is 12.5. The number of ether oxygens (including phenoxy) is 2. The Labute approximate surface area is 158 Å². The number of thiazole rings is 1. The summed E-state index contributed by atoms with van der Waals surface area (Å²) in [5.74, 6) is 1.94. The number of hydrogen-bond donors (Lipinski definition) is 1. The van der Waals surface area contributed by atoms with Gasteiger partial charge in [-0.2, -0.15) is 0 Å². The Morgan fingerprint density at radius 1 is 1.31 bits per heavy atom. The van der Waals surface area contributed by atoms with Crippen LogP contribution < -0.4 is 14.8 Å². The molecule has 3 aromatic rings. The second-order valence-electron chi connectivity index (χ2n) is 5.54. The number of anilines is 1. The van der Waals surface area contributed by atoms with E-state index in [1.54, 1.807) is 18.0 Å². The highest BCUT2D eigenvalue weighted by atomic mass is 32.2. The van der Waals surface area contributed by atoms with Crippen molar-refractivity contribution >= 4 is 34.7 Å². The number of aromatic nitrogens is 1. The van der Waals surface area contributed by atoms with Crippen LogP contribution in [0, 0.1) is 0 Å². The maximum absolute atomic E-state index is 12.5. The Morgan fingerprint density at radius 3 is 2.85 bits per heavy atom. The number of hydrogen-bond acceptors (Lipinski definition) is 7. The average molecular weight is 388 g/mol. The molecule has 4 rings (SSSR count). The fraction of sp³-hybridized carbons (Fsp3) is 0.222. The van der Waals surface area contributed by atoms with Gasteiger partial charge in [0.1, 0.15) is 13.2 Å². The minimum absolute atomic E-state index is 0.131. The number of fused-ring (bicyclic) bond motifs is 1. The van der Waals surface area contributed by atoms with Crippen molar-refractivity contribution in [2.75, 3.05) is 24.8 Å². The van der Waals surface area contributed by atoms with Crippen molar-refractivity contribution in [2.24, 2.45) is 0 Å². The van der Waals surface area contributed by atoms with Crippen LogP contribution >= 0.6 is 23.1 Å². The van der Waals surface area contributed by atoms with Gasteiger partial charge < -0.3 is 19.2 Å². The molecule has 1 amide bonds. The van der Waals surface area contributed by atoms with Crippen molar-refractivity contribution in [3.05, 3.63) is 41.6 Å². The third-order valence-corrected chi connectivity index (χ3v) is 5.45. The van der Waals surface area contributed by atoms with E-state index in [0.29, 0.717) is 41.9 Å². The lowest BCUT2D eigenvalue weighted by Crippen LogP contribution is -2.18. The van der Waals surface area contributed by atoms with E-state index in [-0.39, 0.29) is 12.3 Å². The van der Waals surface area contributed by atoms with Crippen molar-refractivity contribution in [1.82, 2.24) is 4.98 Å². The van der Waals surface area contributed by atoms with Gasteiger partial charge in [-0.3, -0.25) is 4.79 Å². The Kier molecular flexibility index (Phi) is 4.85. The number of thioether (sulfide) groups is 1. The normalized spacial score (nSPS) is 12.8. The van der Waals surface area contributed by atoms with Gasteiger partial charge in [-0.15, -0.1) is 23.1 Å². The first kappa shape index (κ1) is 17.0. The maximum Gasteiger partial charge on any atom is 0.230 e. The molecule has 0 bridgehead atoms. The zero-order valence-corrected chi connectivity index (χ0v) is 15.6. The fourth-order valence-electron chi connectivity index (χ4n) is 2.60. The Hall–Kier alpha value is -2.45. The lowest BCUT2D eigenvalue weighted by Gasteiger charge is -2.20. The summed E-state index contributed by atoms with van der Waals surface area (Å²) in [5, 5.41) is 5.59. The van der Waals surface area contributed by atoms with Crippen LogP contribution in [0.2, 0.25) is 0 Å². The minimum Gasteiger partial charge on any atom is -0.486 e. The van der Waals surface area contributed by atoms with Gasteiger partial charge in [0.15, 0.2) is 22.3 Å². The molecule has 0 atom stereocenters. The first-order valence-electron chi connectivity index (χ1n) is 7.98. The SMILES string of the molecule is CSc1cc2c(cc1NC(=O)Cc1csc(-c3ccco3)n1)OCCO2. The number of rotatable bonds is 5. The monoisotopic (exact) mass is 388 g/mol. The van der Waals surface area contributed by atoms with E-state index in [1.807, 2.05) is 35.9 Å². The highest BCUT2D eigenvalue weighted by Gasteiger charge is 2.18. The van der Waals surface area contributed by atoms with Crippen molar-refractivity contribution in [3.63, 3.8) is 0 Å². The van der Waals surface area contributed by atoms with Gasteiger partial charge >= 0.3 is 0 Å². The lowest BCUT2D eigenvalue weighted by atomic mass is 10.2. The average Bonchev–Trinajstić information content (AvgIpc) is 3.32. The highest BCUT2D eigenvalue weighted by Crippen LogP contribution is 2.39. The van der Waals surface area contributed by atoms with Crippen LogP contribution in [0.15, 0.2) is 45.2 Å². The van der Waals surface area contributed by atoms with Gasteiger partial charge in [0.25, 0.3) is 0 Å². The Balaban J connectivity index is 1.48. The molecule has 0 spiro atoms.